The van der Waals surface area contributed by atoms with Crippen LogP contribution in [0.5, 0.6) is 0 Å². The van der Waals surface area contributed by atoms with E-state index in [9.17, 15) is 9.59 Å². The predicted molar refractivity (Wildman–Crippen MR) is 83.4 cm³/mol. The lowest BCUT2D eigenvalue weighted by molar-refractivity contribution is -0.155. The molecular weight excluding hydrogens is 280 g/mol. The number of nitrogens with zero attached hydrogens (tertiary/aromatic N) is 1. The molecule has 1 aliphatic carbocycles. The van der Waals surface area contributed by atoms with Crippen LogP contribution in [0.25, 0.3) is 10.9 Å². The van der Waals surface area contributed by atoms with Crippen LogP contribution < -0.4 is 5.56 Å². The van der Waals surface area contributed by atoms with Gasteiger partial charge in [0.1, 0.15) is 0 Å². The standard InChI is InChI=1S/C17H20N2O3/c1-11(22-17(21)12-7-3-2-4-8-12)15-18-14-10-6-5-9-13(14)16(20)19-15/h5-6,9-12H,2-4,7-8H2,1H3,(H,18,19,20)/t11-/m0/s1. The summed E-state index contributed by atoms with van der Waals surface area (Å²) in [6.07, 6.45) is 4.60. The van der Waals surface area contributed by atoms with Crippen LogP contribution in [-0.2, 0) is 9.53 Å². The lowest BCUT2D eigenvalue weighted by atomic mass is 9.89. The van der Waals surface area contributed by atoms with E-state index in [-0.39, 0.29) is 17.4 Å². The lowest BCUT2D eigenvalue weighted by Crippen LogP contribution is -2.23. The Morgan fingerprint density at radius 3 is 2.77 bits per heavy atom. The van der Waals surface area contributed by atoms with Crippen molar-refractivity contribution in [3.8, 4) is 0 Å². The van der Waals surface area contributed by atoms with Gasteiger partial charge in [-0.1, -0.05) is 31.4 Å². The fourth-order valence-corrected chi connectivity index (χ4v) is 2.96. The zero-order valence-electron chi connectivity index (χ0n) is 12.7. The van der Waals surface area contributed by atoms with E-state index in [0.717, 1.165) is 25.7 Å². The Morgan fingerprint density at radius 1 is 1.27 bits per heavy atom. The maximum Gasteiger partial charge on any atom is 0.309 e. The molecule has 22 heavy (non-hydrogen) atoms. The molecule has 0 unspecified atom stereocenters. The summed E-state index contributed by atoms with van der Waals surface area (Å²) in [6.45, 7) is 1.74. The zero-order valence-corrected chi connectivity index (χ0v) is 12.7. The number of para-hydroxylation sites is 1. The second kappa shape index (κ2) is 6.30. The maximum absolute atomic E-state index is 12.2. The van der Waals surface area contributed by atoms with E-state index >= 15 is 0 Å². The Labute approximate surface area is 128 Å². The zero-order chi connectivity index (χ0) is 15.5. The highest BCUT2D eigenvalue weighted by Gasteiger charge is 2.25. The van der Waals surface area contributed by atoms with Gasteiger partial charge in [-0.25, -0.2) is 4.98 Å². The molecule has 1 heterocycles. The quantitative estimate of drug-likeness (QED) is 0.884. The van der Waals surface area contributed by atoms with Gasteiger partial charge in [0.15, 0.2) is 11.9 Å². The van der Waals surface area contributed by atoms with Crippen molar-refractivity contribution in [3.05, 3.63) is 40.4 Å². The molecule has 1 N–H and O–H groups in total. The van der Waals surface area contributed by atoms with Crippen LogP contribution in [0.2, 0.25) is 0 Å². The monoisotopic (exact) mass is 300 g/mol. The molecule has 1 atom stereocenters. The van der Waals surface area contributed by atoms with Crippen molar-refractivity contribution < 1.29 is 9.53 Å². The largest absolute Gasteiger partial charge is 0.454 e. The van der Waals surface area contributed by atoms with E-state index in [0.29, 0.717) is 16.7 Å². The normalized spacial score (nSPS) is 17.3. The van der Waals surface area contributed by atoms with E-state index in [1.807, 2.05) is 6.07 Å². The van der Waals surface area contributed by atoms with Crippen LogP contribution in [0.4, 0.5) is 0 Å². The minimum atomic E-state index is -0.549. The number of hydrogen-bond acceptors (Lipinski definition) is 4. The summed E-state index contributed by atoms with van der Waals surface area (Å²) in [5, 5.41) is 0.539. The molecule has 116 valence electrons. The van der Waals surface area contributed by atoms with Gasteiger partial charge in [-0.3, -0.25) is 9.59 Å². The molecule has 2 aromatic rings. The molecule has 1 saturated carbocycles. The third-order valence-corrected chi connectivity index (χ3v) is 4.25. The number of esters is 1. The molecule has 0 radical (unpaired) electrons. The van der Waals surface area contributed by atoms with Gasteiger partial charge >= 0.3 is 5.97 Å². The van der Waals surface area contributed by atoms with Crippen molar-refractivity contribution in [1.29, 1.82) is 0 Å². The summed E-state index contributed by atoms with van der Waals surface area (Å²) < 4.78 is 5.51. The Hall–Kier alpha value is -2.17. The smallest absolute Gasteiger partial charge is 0.309 e. The number of benzene rings is 1. The molecule has 0 aliphatic heterocycles. The number of hydrogen-bond donors (Lipinski definition) is 1. The van der Waals surface area contributed by atoms with Gasteiger partial charge in [-0.05, 0) is 31.9 Å². The van der Waals surface area contributed by atoms with Crippen molar-refractivity contribution >= 4 is 16.9 Å². The van der Waals surface area contributed by atoms with Crippen LogP contribution >= 0.6 is 0 Å². The van der Waals surface area contributed by atoms with Gasteiger partial charge in [-0.15, -0.1) is 0 Å². The van der Waals surface area contributed by atoms with E-state index < -0.39 is 6.10 Å². The molecule has 1 aromatic carbocycles. The molecule has 0 spiro atoms. The average Bonchev–Trinajstić information content (AvgIpc) is 2.55. The first-order valence-corrected chi connectivity index (χ1v) is 7.84. The van der Waals surface area contributed by atoms with Gasteiger partial charge in [0, 0.05) is 0 Å². The minimum absolute atomic E-state index is 0.0108. The number of carbonyl (C=O) groups excluding carboxylic acids is 1. The van der Waals surface area contributed by atoms with Gasteiger partial charge in [-0.2, -0.15) is 0 Å². The number of aromatic amines is 1. The molecule has 5 heteroatoms. The summed E-state index contributed by atoms with van der Waals surface area (Å²) in [7, 11) is 0. The molecular formula is C17H20N2O3. The van der Waals surface area contributed by atoms with Gasteiger partial charge in [0.05, 0.1) is 16.8 Å². The summed E-state index contributed by atoms with van der Waals surface area (Å²) in [5.74, 6) is 0.208. The van der Waals surface area contributed by atoms with E-state index in [4.69, 9.17) is 4.74 Å². The highest BCUT2D eigenvalue weighted by molar-refractivity contribution is 5.77. The molecule has 0 amide bonds. The number of aromatic nitrogens is 2. The fraction of sp³-hybridized carbons (Fsp3) is 0.471. The van der Waals surface area contributed by atoms with Crippen molar-refractivity contribution in [2.24, 2.45) is 5.92 Å². The van der Waals surface area contributed by atoms with Crippen molar-refractivity contribution in [2.45, 2.75) is 45.1 Å². The van der Waals surface area contributed by atoms with Gasteiger partial charge in [0.25, 0.3) is 5.56 Å². The number of nitrogens with one attached hydrogen (secondary N) is 1. The molecule has 1 aromatic heterocycles. The van der Waals surface area contributed by atoms with E-state index in [1.165, 1.54) is 6.42 Å². The Morgan fingerprint density at radius 2 is 2.00 bits per heavy atom. The summed E-state index contributed by atoms with van der Waals surface area (Å²) >= 11 is 0. The van der Waals surface area contributed by atoms with Crippen molar-refractivity contribution in [2.75, 3.05) is 0 Å². The van der Waals surface area contributed by atoms with Gasteiger partial charge in [0.2, 0.25) is 0 Å². The second-order valence-corrected chi connectivity index (χ2v) is 5.88. The average molecular weight is 300 g/mol. The van der Waals surface area contributed by atoms with Gasteiger partial charge < -0.3 is 9.72 Å². The molecule has 0 saturated heterocycles. The first-order chi connectivity index (χ1) is 10.6. The number of rotatable bonds is 3. The lowest BCUT2D eigenvalue weighted by Gasteiger charge is -2.22. The topological polar surface area (TPSA) is 72.0 Å². The molecule has 1 aliphatic rings. The van der Waals surface area contributed by atoms with Crippen LogP contribution in [-0.4, -0.2) is 15.9 Å². The number of fused-ring (bicyclic) bond motifs is 1. The van der Waals surface area contributed by atoms with Crippen molar-refractivity contribution in [3.63, 3.8) is 0 Å². The maximum atomic E-state index is 12.2. The Kier molecular flexibility index (Phi) is 4.22. The predicted octanol–water partition coefficient (Wildman–Crippen LogP) is 3.11. The summed E-state index contributed by atoms with van der Waals surface area (Å²) in [5.41, 5.74) is 0.406. The van der Waals surface area contributed by atoms with E-state index in [2.05, 4.69) is 9.97 Å². The van der Waals surface area contributed by atoms with Crippen LogP contribution in [0.15, 0.2) is 29.1 Å². The Balaban J connectivity index is 1.78. The number of H-pyrrole nitrogens is 1. The number of carbonyl (C=O) groups is 1. The summed E-state index contributed by atoms with van der Waals surface area (Å²) in [4.78, 5) is 31.4. The minimum Gasteiger partial charge on any atom is -0.454 e. The van der Waals surface area contributed by atoms with Crippen LogP contribution in [0.3, 0.4) is 0 Å². The summed E-state index contributed by atoms with van der Waals surface area (Å²) in [6, 6.07) is 7.14. The molecule has 3 rings (SSSR count). The molecule has 5 nitrogen and oxygen atoms in total. The van der Waals surface area contributed by atoms with E-state index in [1.54, 1.807) is 25.1 Å². The number of ether oxygens (including phenoxy) is 1. The first kappa shape index (κ1) is 14.8. The van der Waals surface area contributed by atoms with Crippen LogP contribution in [0, 0.1) is 5.92 Å². The van der Waals surface area contributed by atoms with Crippen LogP contribution in [0.1, 0.15) is 51.0 Å². The first-order valence-electron chi connectivity index (χ1n) is 7.84. The Bertz CT molecular complexity index is 732. The third-order valence-electron chi connectivity index (χ3n) is 4.25. The fourth-order valence-electron chi connectivity index (χ4n) is 2.96. The second-order valence-electron chi connectivity index (χ2n) is 5.88. The SMILES string of the molecule is C[C@H](OC(=O)C1CCCCC1)c1nc2ccccc2c(=O)[nH]1. The molecule has 0 bridgehead atoms. The third kappa shape index (κ3) is 3.03. The molecule has 1 fully saturated rings. The highest BCUT2D eigenvalue weighted by atomic mass is 16.5. The highest BCUT2D eigenvalue weighted by Crippen LogP contribution is 2.26. The van der Waals surface area contributed by atoms with Crippen molar-refractivity contribution in [1.82, 2.24) is 9.97 Å².